The lowest BCUT2D eigenvalue weighted by Crippen LogP contribution is -2.38. The molecule has 0 saturated carbocycles. The number of hydrogen-bond acceptors (Lipinski definition) is 3. The van der Waals surface area contributed by atoms with Crippen molar-refractivity contribution in [3.63, 3.8) is 0 Å². The van der Waals surface area contributed by atoms with Gasteiger partial charge in [0, 0.05) is 19.0 Å². The lowest BCUT2D eigenvalue weighted by atomic mass is 9.66. The summed E-state index contributed by atoms with van der Waals surface area (Å²) in [5, 5.41) is 10.5. The zero-order valence-corrected chi connectivity index (χ0v) is 17.7. The van der Waals surface area contributed by atoms with Gasteiger partial charge in [0.1, 0.15) is 5.41 Å². The van der Waals surface area contributed by atoms with Crippen molar-refractivity contribution in [1.82, 2.24) is 4.31 Å². The van der Waals surface area contributed by atoms with Crippen LogP contribution in [0.3, 0.4) is 0 Å². The highest BCUT2D eigenvalue weighted by atomic mass is 32.2. The van der Waals surface area contributed by atoms with Gasteiger partial charge in [0.05, 0.1) is 11.0 Å². The maximum atomic E-state index is 13.2. The Kier molecular flexibility index (Phi) is 5.46. The molecule has 0 amide bonds. The van der Waals surface area contributed by atoms with Crippen molar-refractivity contribution >= 4 is 10.0 Å². The van der Waals surface area contributed by atoms with Gasteiger partial charge in [-0.1, -0.05) is 78.4 Å². The van der Waals surface area contributed by atoms with Crippen LogP contribution in [0.4, 0.5) is 0 Å². The van der Waals surface area contributed by atoms with Crippen LogP contribution in [0.5, 0.6) is 0 Å². The Labute approximate surface area is 178 Å². The van der Waals surface area contributed by atoms with Gasteiger partial charge in [-0.15, -0.1) is 0 Å². The third-order valence-electron chi connectivity index (χ3n) is 6.06. The summed E-state index contributed by atoms with van der Waals surface area (Å²) < 4.78 is 28.0. The van der Waals surface area contributed by atoms with E-state index in [-0.39, 0.29) is 5.92 Å². The molecule has 152 valence electrons. The summed E-state index contributed by atoms with van der Waals surface area (Å²) in [6.45, 7) is 2.65. The zero-order chi connectivity index (χ0) is 21.2. The Bertz CT molecular complexity index is 1110. The summed E-state index contributed by atoms with van der Waals surface area (Å²) in [5.41, 5.74) is 1.92. The second-order valence-electron chi connectivity index (χ2n) is 7.81. The standard InChI is InChI=1S/C25H24N2O2S/c1-20-12-14-24(15-13-20)30(28,29)27-17-16-23(18-27)25(19-26,21-8-4-2-5-9-21)22-10-6-3-7-11-22/h2-15,23H,16-18H2,1H3/t23-/m0/s1. The molecule has 4 rings (SSSR count). The average Bonchev–Trinajstić information content (AvgIpc) is 3.28. The summed E-state index contributed by atoms with van der Waals surface area (Å²) in [7, 11) is -3.60. The van der Waals surface area contributed by atoms with Crippen LogP contribution in [-0.4, -0.2) is 25.8 Å². The molecule has 0 radical (unpaired) electrons. The molecule has 5 heteroatoms. The van der Waals surface area contributed by atoms with Crippen LogP contribution in [0, 0.1) is 24.2 Å². The molecule has 0 aliphatic carbocycles. The molecule has 1 aliphatic rings. The van der Waals surface area contributed by atoms with E-state index in [1.165, 1.54) is 4.31 Å². The normalized spacial score (nSPS) is 17.5. The number of hydrogen-bond donors (Lipinski definition) is 0. The second-order valence-corrected chi connectivity index (χ2v) is 9.75. The summed E-state index contributed by atoms with van der Waals surface area (Å²) in [4.78, 5) is 0.302. The maximum absolute atomic E-state index is 13.2. The first-order valence-electron chi connectivity index (χ1n) is 10.1. The minimum Gasteiger partial charge on any atom is -0.207 e. The fourth-order valence-electron chi connectivity index (χ4n) is 4.42. The first kappa shape index (κ1) is 20.3. The van der Waals surface area contributed by atoms with Gasteiger partial charge in [-0.2, -0.15) is 9.57 Å². The molecule has 0 N–H and O–H groups in total. The smallest absolute Gasteiger partial charge is 0.207 e. The molecule has 3 aromatic carbocycles. The van der Waals surface area contributed by atoms with E-state index in [0.29, 0.717) is 24.4 Å². The summed E-state index contributed by atoms with van der Waals surface area (Å²) in [6.07, 6.45) is 0.627. The topological polar surface area (TPSA) is 61.2 Å². The maximum Gasteiger partial charge on any atom is 0.243 e. The van der Waals surface area contributed by atoms with Crippen LogP contribution in [0.1, 0.15) is 23.1 Å². The molecule has 0 spiro atoms. The van der Waals surface area contributed by atoms with Crippen LogP contribution in [0.2, 0.25) is 0 Å². The molecule has 1 aliphatic heterocycles. The summed E-state index contributed by atoms with van der Waals surface area (Å²) >= 11 is 0. The number of aryl methyl sites for hydroxylation is 1. The number of nitrogens with zero attached hydrogens (tertiary/aromatic N) is 2. The van der Waals surface area contributed by atoms with Crippen LogP contribution in [0.25, 0.3) is 0 Å². The van der Waals surface area contributed by atoms with E-state index in [1.807, 2.05) is 79.7 Å². The zero-order valence-electron chi connectivity index (χ0n) is 16.9. The fourth-order valence-corrected chi connectivity index (χ4v) is 5.92. The van der Waals surface area contributed by atoms with Crippen LogP contribution in [-0.2, 0) is 15.4 Å². The lowest BCUT2D eigenvalue weighted by Gasteiger charge is -2.34. The highest BCUT2D eigenvalue weighted by molar-refractivity contribution is 7.89. The predicted octanol–water partition coefficient (Wildman–Crippen LogP) is 4.52. The van der Waals surface area contributed by atoms with Crippen molar-refractivity contribution in [2.75, 3.05) is 13.1 Å². The second kappa shape index (κ2) is 8.06. The molecule has 30 heavy (non-hydrogen) atoms. The third kappa shape index (κ3) is 3.43. The van der Waals surface area contributed by atoms with E-state index in [1.54, 1.807) is 12.1 Å². The predicted molar refractivity (Wildman–Crippen MR) is 117 cm³/mol. The Hall–Kier alpha value is -2.94. The van der Waals surface area contributed by atoms with E-state index < -0.39 is 15.4 Å². The quantitative estimate of drug-likeness (QED) is 0.615. The Balaban J connectivity index is 1.74. The molecular weight excluding hydrogens is 392 g/mol. The molecule has 0 unspecified atom stereocenters. The number of sulfonamides is 1. The molecule has 1 atom stereocenters. The van der Waals surface area contributed by atoms with Crippen molar-refractivity contribution in [3.8, 4) is 6.07 Å². The number of nitriles is 1. The van der Waals surface area contributed by atoms with Crippen LogP contribution >= 0.6 is 0 Å². The van der Waals surface area contributed by atoms with E-state index in [2.05, 4.69) is 6.07 Å². The average molecular weight is 417 g/mol. The monoisotopic (exact) mass is 416 g/mol. The van der Waals surface area contributed by atoms with Crippen molar-refractivity contribution in [2.45, 2.75) is 23.7 Å². The Morgan fingerprint density at radius 1 is 0.900 bits per heavy atom. The lowest BCUT2D eigenvalue weighted by molar-refractivity contribution is 0.393. The van der Waals surface area contributed by atoms with Gasteiger partial charge < -0.3 is 0 Å². The summed E-state index contributed by atoms with van der Waals surface area (Å²) in [6, 6.07) is 29.0. The molecule has 1 saturated heterocycles. The van der Waals surface area contributed by atoms with Crippen molar-refractivity contribution < 1.29 is 8.42 Å². The minimum absolute atomic E-state index is 0.146. The molecule has 1 fully saturated rings. The van der Waals surface area contributed by atoms with Crippen LogP contribution < -0.4 is 0 Å². The van der Waals surface area contributed by atoms with Gasteiger partial charge in [0.2, 0.25) is 10.0 Å². The van der Waals surface area contributed by atoms with Crippen molar-refractivity contribution in [1.29, 1.82) is 5.26 Å². The molecule has 1 heterocycles. The Morgan fingerprint density at radius 3 is 1.93 bits per heavy atom. The fraction of sp³-hybridized carbons (Fsp3) is 0.240. The molecule has 0 bridgehead atoms. The Morgan fingerprint density at radius 2 is 1.43 bits per heavy atom. The molecule has 0 aromatic heterocycles. The van der Waals surface area contributed by atoms with Gasteiger partial charge >= 0.3 is 0 Å². The molecule has 3 aromatic rings. The van der Waals surface area contributed by atoms with Crippen molar-refractivity contribution in [2.24, 2.45) is 5.92 Å². The van der Waals surface area contributed by atoms with Crippen molar-refractivity contribution in [3.05, 3.63) is 102 Å². The van der Waals surface area contributed by atoms with Gasteiger partial charge in [-0.25, -0.2) is 8.42 Å². The largest absolute Gasteiger partial charge is 0.243 e. The number of benzene rings is 3. The van der Waals surface area contributed by atoms with Gasteiger partial charge in [-0.05, 0) is 36.6 Å². The first-order chi connectivity index (χ1) is 14.5. The number of rotatable bonds is 5. The molecule has 4 nitrogen and oxygen atoms in total. The van der Waals surface area contributed by atoms with Gasteiger partial charge in [-0.3, -0.25) is 0 Å². The minimum atomic E-state index is -3.60. The highest BCUT2D eigenvalue weighted by Gasteiger charge is 2.47. The third-order valence-corrected chi connectivity index (χ3v) is 7.94. The van der Waals surface area contributed by atoms with Crippen LogP contribution in [0.15, 0.2) is 89.8 Å². The van der Waals surface area contributed by atoms with Gasteiger partial charge in [0.25, 0.3) is 0 Å². The van der Waals surface area contributed by atoms with Gasteiger partial charge in [0.15, 0.2) is 0 Å². The van der Waals surface area contributed by atoms with E-state index in [0.717, 1.165) is 16.7 Å². The van der Waals surface area contributed by atoms with E-state index in [9.17, 15) is 13.7 Å². The first-order valence-corrected chi connectivity index (χ1v) is 11.5. The highest BCUT2D eigenvalue weighted by Crippen LogP contribution is 2.44. The van der Waals surface area contributed by atoms with E-state index >= 15 is 0 Å². The summed E-state index contributed by atoms with van der Waals surface area (Å²) in [5.74, 6) is -0.146. The SMILES string of the molecule is Cc1ccc(S(=O)(=O)N2CC[C@H](C(C#N)(c3ccccc3)c3ccccc3)C2)cc1. The van der Waals surface area contributed by atoms with E-state index in [4.69, 9.17) is 0 Å². The molecular formula is C25H24N2O2S.